The number of unbranched alkanes of at least 4 members (excludes halogenated alkanes) is 3. The molecular formula is C19H25N5O5S2. The predicted molar refractivity (Wildman–Crippen MR) is 118 cm³/mol. The molecule has 1 saturated heterocycles. The van der Waals surface area contributed by atoms with Gasteiger partial charge >= 0.3 is 5.97 Å². The van der Waals surface area contributed by atoms with Crippen LogP contribution in [-0.2, 0) is 24.0 Å². The van der Waals surface area contributed by atoms with E-state index in [9.17, 15) is 14.4 Å². The molecule has 0 saturated carbocycles. The van der Waals surface area contributed by atoms with Gasteiger partial charge in [-0.25, -0.2) is 9.78 Å². The van der Waals surface area contributed by atoms with Crippen LogP contribution in [0.2, 0.25) is 0 Å². The van der Waals surface area contributed by atoms with E-state index in [4.69, 9.17) is 15.3 Å². The summed E-state index contributed by atoms with van der Waals surface area (Å²) in [5.41, 5.74) is 6.04. The molecule has 1 aromatic heterocycles. The van der Waals surface area contributed by atoms with Crippen molar-refractivity contribution in [2.45, 2.75) is 44.0 Å². The molecule has 2 atom stereocenters. The van der Waals surface area contributed by atoms with Gasteiger partial charge < -0.3 is 20.6 Å². The lowest BCUT2D eigenvalue weighted by atomic mass is 10.0. The Bertz CT molecular complexity index is 900. The Labute approximate surface area is 188 Å². The average molecular weight is 468 g/mol. The Hall–Kier alpha value is -2.60. The van der Waals surface area contributed by atoms with E-state index in [1.807, 2.05) is 0 Å². The highest BCUT2D eigenvalue weighted by atomic mass is 32.2. The highest BCUT2D eigenvalue weighted by Gasteiger charge is 2.53. The number of esters is 1. The molecule has 10 nitrogen and oxygen atoms in total. The summed E-state index contributed by atoms with van der Waals surface area (Å²) < 4.78 is 5.32. The highest BCUT2D eigenvalue weighted by Crippen LogP contribution is 2.37. The number of carbonyl (C=O) groups excluding carboxylic acids is 3. The van der Waals surface area contributed by atoms with Gasteiger partial charge in [-0.1, -0.05) is 31.3 Å². The van der Waals surface area contributed by atoms with Gasteiger partial charge in [0.25, 0.3) is 11.8 Å². The molecule has 0 aromatic carbocycles. The van der Waals surface area contributed by atoms with Crippen molar-refractivity contribution in [3.8, 4) is 0 Å². The normalized spacial score (nSPS) is 20.5. The van der Waals surface area contributed by atoms with Crippen LogP contribution in [0.3, 0.4) is 0 Å². The van der Waals surface area contributed by atoms with Gasteiger partial charge in [0, 0.05) is 11.1 Å². The number of thiazole rings is 1. The summed E-state index contributed by atoms with van der Waals surface area (Å²) in [7, 11) is 1.31. The number of hydrogen-bond acceptors (Lipinski definition) is 10. The lowest BCUT2D eigenvalue weighted by molar-refractivity contribution is -0.152. The molecule has 1 unspecified atom stereocenters. The van der Waals surface area contributed by atoms with E-state index in [2.05, 4.69) is 22.4 Å². The standard InChI is InChI=1S/C19H25N5O5S2/c1-3-4-5-6-8-29-18(27)12-7-9-30-17-14(16(26)24(12)17)22-15(25)13(23-28-2)11-10-31-19(20)21-11/h7,10,14,17H,3-6,8-9H2,1-2H3,(H2,20,21)(H,22,25)/t14?,17-/m1/s1. The second kappa shape index (κ2) is 10.6. The average Bonchev–Trinajstić information content (AvgIpc) is 3.20. The first-order chi connectivity index (χ1) is 15.0. The molecular weight excluding hydrogens is 442 g/mol. The summed E-state index contributed by atoms with van der Waals surface area (Å²) in [5, 5.41) is 7.85. The van der Waals surface area contributed by atoms with Gasteiger partial charge in [0.15, 0.2) is 10.8 Å². The number of nitrogen functional groups attached to an aromatic ring is 1. The number of rotatable bonds is 10. The van der Waals surface area contributed by atoms with E-state index in [1.165, 1.54) is 23.8 Å². The number of ether oxygens (including phenoxy) is 1. The molecule has 2 amide bonds. The van der Waals surface area contributed by atoms with E-state index >= 15 is 0 Å². The van der Waals surface area contributed by atoms with E-state index < -0.39 is 23.3 Å². The van der Waals surface area contributed by atoms with Gasteiger partial charge in [-0.15, -0.1) is 23.1 Å². The smallest absolute Gasteiger partial charge is 0.354 e. The third kappa shape index (κ3) is 5.18. The zero-order valence-corrected chi connectivity index (χ0v) is 19.0. The maximum atomic E-state index is 12.7. The molecule has 0 spiro atoms. The van der Waals surface area contributed by atoms with Gasteiger partial charge in [0.05, 0.1) is 6.61 Å². The van der Waals surface area contributed by atoms with Gasteiger partial charge in [0.2, 0.25) is 0 Å². The molecule has 168 valence electrons. The van der Waals surface area contributed by atoms with Gasteiger partial charge in [-0.05, 0) is 12.5 Å². The fraction of sp³-hybridized carbons (Fsp3) is 0.526. The fourth-order valence-electron chi connectivity index (χ4n) is 3.20. The number of amides is 2. The molecule has 12 heteroatoms. The minimum Gasteiger partial charge on any atom is -0.461 e. The lowest BCUT2D eigenvalue weighted by Gasteiger charge is -2.48. The van der Waals surface area contributed by atoms with Crippen LogP contribution in [-0.4, -0.2) is 64.3 Å². The van der Waals surface area contributed by atoms with Crippen LogP contribution in [0.1, 0.15) is 38.3 Å². The van der Waals surface area contributed by atoms with E-state index in [0.29, 0.717) is 12.4 Å². The molecule has 3 rings (SSSR count). The van der Waals surface area contributed by atoms with Gasteiger partial charge in [-0.3, -0.25) is 14.5 Å². The molecule has 3 heterocycles. The fourth-order valence-corrected chi connectivity index (χ4v) is 4.94. The largest absolute Gasteiger partial charge is 0.461 e. The maximum Gasteiger partial charge on any atom is 0.354 e. The van der Waals surface area contributed by atoms with Crippen LogP contribution in [0.5, 0.6) is 0 Å². The number of nitrogens with zero attached hydrogens (tertiary/aromatic N) is 3. The van der Waals surface area contributed by atoms with Crippen LogP contribution in [0.25, 0.3) is 0 Å². The van der Waals surface area contributed by atoms with Crippen LogP contribution in [0.15, 0.2) is 22.3 Å². The minimum absolute atomic E-state index is 0.0789. The van der Waals surface area contributed by atoms with Crippen molar-refractivity contribution in [3.05, 3.63) is 22.8 Å². The number of nitrogens with two attached hydrogens (primary N) is 1. The summed E-state index contributed by atoms with van der Waals surface area (Å²) in [6.45, 7) is 2.43. The molecule has 2 aliphatic rings. The van der Waals surface area contributed by atoms with Crippen LogP contribution in [0.4, 0.5) is 5.13 Å². The number of anilines is 1. The second-order valence-corrected chi connectivity index (χ2v) is 8.90. The summed E-state index contributed by atoms with van der Waals surface area (Å²) in [6, 6.07) is -0.795. The molecule has 1 aromatic rings. The SMILES string of the molecule is CCCCCCOC(=O)C1=CCS[C@@H]2C(NC(=O)C(=NOC)c3csc(N)n3)C(=O)N12. The molecule has 31 heavy (non-hydrogen) atoms. The molecule has 3 N–H and O–H groups in total. The Kier molecular flexibility index (Phi) is 7.91. The number of oxime groups is 1. The zero-order valence-electron chi connectivity index (χ0n) is 17.3. The molecule has 0 radical (unpaired) electrons. The number of nitrogens with one attached hydrogen (secondary N) is 1. The highest BCUT2D eigenvalue weighted by molar-refractivity contribution is 8.00. The van der Waals surface area contributed by atoms with Crippen molar-refractivity contribution >= 4 is 51.7 Å². The zero-order chi connectivity index (χ0) is 22.4. The third-order valence-corrected chi connectivity index (χ3v) is 6.59. The number of aromatic nitrogens is 1. The summed E-state index contributed by atoms with van der Waals surface area (Å²) >= 11 is 2.61. The quantitative estimate of drug-likeness (QED) is 0.174. The van der Waals surface area contributed by atoms with Gasteiger partial charge in [0.1, 0.15) is 29.9 Å². The summed E-state index contributed by atoms with van der Waals surface area (Å²) in [5.74, 6) is -0.975. The van der Waals surface area contributed by atoms with Crippen LogP contribution < -0.4 is 11.1 Å². The first kappa shape index (κ1) is 23.1. The summed E-state index contributed by atoms with van der Waals surface area (Å²) in [6.07, 6.45) is 5.66. The predicted octanol–water partition coefficient (Wildman–Crippen LogP) is 1.48. The van der Waals surface area contributed by atoms with Crippen LogP contribution >= 0.6 is 23.1 Å². The van der Waals surface area contributed by atoms with E-state index in [0.717, 1.165) is 37.0 Å². The molecule has 2 aliphatic heterocycles. The first-order valence-corrected chi connectivity index (χ1v) is 11.9. The monoisotopic (exact) mass is 467 g/mol. The molecule has 0 bridgehead atoms. The Balaban J connectivity index is 1.60. The molecule has 1 fully saturated rings. The number of thioether (sulfide) groups is 1. The van der Waals surface area contributed by atoms with Crippen LogP contribution in [0, 0.1) is 0 Å². The van der Waals surface area contributed by atoms with Gasteiger partial charge in [-0.2, -0.15) is 0 Å². The number of carbonyl (C=O) groups is 3. The number of hydrogen-bond donors (Lipinski definition) is 2. The lowest BCUT2D eigenvalue weighted by Crippen LogP contribution is -2.70. The van der Waals surface area contributed by atoms with E-state index in [1.54, 1.807) is 11.5 Å². The Morgan fingerprint density at radius 3 is 2.87 bits per heavy atom. The van der Waals surface area contributed by atoms with Crippen molar-refractivity contribution in [3.63, 3.8) is 0 Å². The molecule has 0 aliphatic carbocycles. The van der Waals surface area contributed by atoms with Crippen molar-refractivity contribution in [1.82, 2.24) is 15.2 Å². The van der Waals surface area contributed by atoms with Crippen molar-refractivity contribution in [1.29, 1.82) is 0 Å². The minimum atomic E-state index is -0.795. The summed E-state index contributed by atoms with van der Waals surface area (Å²) in [4.78, 5) is 48.1. The van der Waals surface area contributed by atoms with Crippen molar-refractivity contribution in [2.75, 3.05) is 25.2 Å². The van der Waals surface area contributed by atoms with Crippen molar-refractivity contribution < 1.29 is 24.0 Å². The second-order valence-electron chi connectivity index (χ2n) is 6.86. The van der Waals surface area contributed by atoms with E-state index in [-0.39, 0.29) is 28.1 Å². The Morgan fingerprint density at radius 2 is 2.19 bits per heavy atom. The maximum absolute atomic E-state index is 12.7. The first-order valence-electron chi connectivity index (χ1n) is 9.93. The van der Waals surface area contributed by atoms with Crippen molar-refractivity contribution in [2.24, 2.45) is 5.16 Å². The number of β-lactam (4-membered cyclic amide) rings is 1. The number of fused-ring (bicyclic) bond motifs is 1. The Morgan fingerprint density at radius 1 is 1.39 bits per heavy atom. The third-order valence-electron chi connectivity index (χ3n) is 4.74. The topological polar surface area (TPSA) is 136 Å².